The summed E-state index contributed by atoms with van der Waals surface area (Å²) in [5.41, 5.74) is 1.20. The molecule has 3 aromatic rings. The minimum Gasteiger partial charge on any atom is -0.493 e. The first kappa shape index (κ1) is 20.9. The fourth-order valence-electron chi connectivity index (χ4n) is 2.78. The molecule has 2 N–H and O–H groups in total. The average molecular weight is 479 g/mol. The molecule has 152 valence electrons. The molecule has 0 atom stereocenters. The van der Waals surface area contributed by atoms with Crippen molar-refractivity contribution in [3.05, 3.63) is 57.0 Å². The Labute approximate surface area is 180 Å². The molecule has 1 aromatic heterocycles. The van der Waals surface area contributed by atoms with E-state index >= 15 is 0 Å². The lowest BCUT2D eigenvalue weighted by Gasteiger charge is -2.14. The minimum atomic E-state index is -0.319. The second kappa shape index (κ2) is 9.10. The van der Waals surface area contributed by atoms with Gasteiger partial charge in [-0.05, 0) is 48.6 Å². The molecule has 0 fully saturated rings. The number of carbonyl (C=O) groups excluding carboxylic acids is 1. The predicted molar refractivity (Wildman–Crippen MR) is 114 cm³/mol. The summed E-state index contributed by atoms with van der Waals surface area (Å²) in [6, 6.07) is 10.8. The van der Waals surface area contributed by atoms with E-state index in [1.54, 1.807) is 16.7 Å². The molecular formula is C19H19BrN4O4S. The fourth-order valence-corrected chi connectivity index (χ4v) is 3.30. The SMILES string of the molecule is COc1cc(C(=O)NCc2n[nH]c(=S)n2-c2ccc(Br)cc2)cc(OC)c1OC. The van der Waals surface area contributed by atoms with Gasteiger partial charge in [0.05, 0.1) is 27.9 Å². The number of carbonyl (C=O) groups is 1. The minimum absolute atomic E-state index is 0.165. The standard InChI is InChI=1S/C19H19BrN4O4S/c1-26-14-8-11(9-15(27-2)17(14)28-3)18(25)21-10-16-22-23-19(29)24(16)13-6-4-12(20)5-7-13/h4-9H,10H2,1-3H3,(H,21,25)(H,23,29). The molecular weight excluding hydrogens is 460 g/mol. The Balaban J connectivity index is 1.84. The van der Waals surface area contributed by atoms with Crippen molar-refractivity contribution < 1.29 is 19.0 Å². The fraction of sp³-hybridized carbons (Fsp3) is 0.211. The number of amides is 1. The summed E-state index contributed by atoms with van der Waals surface area (Å²) < 4.78 is 19.0. The number of nitrogens with one attached hydrogen (secondary N) is 2. The Bertz CT molecular complexity index is 1050. The van der Waals surface area contributed by atoms with Gasteiger partial charge >= 0.3 is 0 Å². The molecule has 0 saturated heterocycles. The topological polar surface area (TPSA) is 90.4 Å². The van der Waals surface area contributed by atoms with Crippen LogP contribution in [0, 0.1) is 4.77 Å². The van der Waals surface area contributed by atoms with Crippen molar-refractivity contribution >= 4 is 34.1 Å². The third-order valence-electron chi connectivity index (χ3n) is 4.16. The molecule has 29 heavy (non-hydrogen) atoms. The second-order valence-corrected chi connectivity index (χ2v) is 7.16. The van der Waals surface area contributed by atoms with Crippen LogP contribution in [0.5, 0.6) is 17.2 Å². The lowest BCUT2D eigenvalue weighted by atomic mass is 10.1. The molecule has 1 heterocycles. The molecule has 0 saturated carbocycles. The van der Waals surface area contributed by atoms with E-state index in [-0.39, 0.29) is 12.5 Å². The molecule has 0 bridgehead atoms. The number of methoxy groups -OCH3 is 3. The number of halogens is 1. The van der Waals surface area contributed by atoms with E-state index < -0.39 is 0 Å². The first-order chi connectivity index (χ1) is 14.0. The highest BCUT2D eigenvalue weighted by atomic mass is 79.9. The van der Waals surface area contributed by atoms with Crippen molar-refractivity contribution in [1.29, 1.82) is 0 Å². The van der Waals surface area contributed by atoms with Crippen LogP contribution in [0.25, 0.3) is 5.69 Å². The van der Waals surface area contributed by atoms with Crippen LogP contribution in [0.15, 0.2) is 40.9 Å². The van der Waals surface area contributed by atoms with E-state index in [2.05, 4.69) is 31.4 Å². The Hall–Kier alpha value is -2.85. The highest BCUT2D eigenvalue weighted by molar-refractivity contribution is 9.10. The van der Waals surface area contributed by atoms with Crippen molar-refractivity contribution in [3.8, 4) is 22.9 Å². The monoisotopic (exact) mass is 478 g/mol. The summed E-state index contributed by atoms with van der Waals surface area (Å²) in [7, 11) is 4.49. The molecule has 1 amide bonds. The number of rotatable bonds is 7. The molecule has 8 nitrogen and oxygen atoms in total. The van der Waals surface area contributed by atoms with Gasteiger partial charge in [0.25, 0.3) is 5.91 Å². The number of benzene rings is 2. The van der Waals surface area contributed by atoms with Crippen LogP contribution in [0.2, 0.25) is 0 Å². The van der Waals surface area contributed by atoms with E-state index in [4.69, 9.17) is 26.4 Å². The summed E-state index contributed by atoms with van der Waals surface area (Å²) in [6.45, 7) is 0.165. The van der Waals surface area contributed by atoms with Gasteiger partial charge < -0.3 is 19.5 Å². The van der Waals surface area contributed by atoms with Crippen LogP contribution >= 0.6 is 28.1 Å². The summed E-state index contributed by atoms with van der Waals surface area (Å²) >= 11 is 8.74. The van der Waals surface area contributed by atoms with Gasteiger partial charge in [0.1, 0.15) is 0 Å². The van der Waals surface area contributed by atoms with Gasteiger partial charge in [-0.2, -0.15) is 5.10 Å². The Morgan fingerprint density at radius 3 is 2.31 bits per heavy atom. The lowest BCUT2D eigenvalue weighted by molar-refractivity contribution is 0.0949. The highest BCUT2D eigenvalue weighted by Crippen LogP contribution is 2.38. The van der Waals surface area contributed by atoms with Crippen molar-refractivity contribution in [2.75, 3.05) is 21.3 Å². The lowest BCUT2D eigenvalue weighted by Crippen LogP contribution is -2.24. The van der Waals surface area contributed by atoms with Gasteiger partial charge in [-0.3, -0.25) is 14.5 Å². The number of aromatic nitrogens is 3. The summed E-state index contributed by atoms with van der Waals surface area (Å²) in [6.07, 6.45) is 0. The number of aromatic amines is 1. The zero-order chi connectivity index (χ0) is 21.0. The van der Waals surface area contributed by atoms with Gasteiger partial charge in [-0.25, -0.2) is 0 Å². The molecule has 0 unspecified atom stereocenters. The van der Waals surface area contributed by atoms with Crippen molar-refractivity contribution in [1.82, 2.24) is 20.1 Å². The number of H-pyrrole nitrogens is 1. The molecule has 10 heteroatoms. The number of hydrogen-bond acceptors (Lipinski definition) is 6. The molecule has 3 rings (SSSR count). The van der Waals surface area contributed by atoms with Gasteiger partial charge in [-0.15, -0.1) is 0 Å². The zero-order valence-corrected chi connectivity index (χ0v) is 18.4. The van der Waals surface area contributed by atoms with Gasteiger partial charge in [0, 0.05) is 15.7 Å². The third kappa shape index (κ3) is 4.43. The molecule has 0 aliphatic carbocycles. The van der Waals surface area contributed by atoms with E-state index in [1.807, 2.05) is 24.3 Å². The van der Waals surface area contributed by atoms with Crippen LogP contribution in [-0.4, -0.2) is 42.0 Å². The van der Waals surface area contributed by atoms with E-state index in [1.165, 1.54) is 21.3 Å². The van der Waals surface area contributed by atoms with Crippen molar-refractivity contribution in [2.45, 2.75) is 6.54 Å². The molecule has 2 aromatic carbocycles. The van der Waals surface area contributed by atoms with Crippen LogP contribution < -0.4 is 19.5 Å². The molecule has 0 aliphatic heterocycles. The normalized spacial score (nSPS) is 10.5. The van der Waals surface area contributed by atoms with Crippen LogP contribution in [0.3, 0.4) is 0 Å². The van der Waals surface area contributed by atoms with Crippen molar-refractivity contribution in [2.24, 2.45) is 0 Å². The Morgan fingerprint density at radius 2 is 1.76 bits per heavy atom. The Morgan fingerprint density at radius 1 is 1.14 bits per heavy atom. The predicted octanol–water partition coefficient (Wildman–Crippen LogP) is 3.65. The summed E-state index contributed by atoms with van der Waals surface area (Å²) in [4.78, 5) is 12.7. The van der Waals surface area contributed by atoms with Gasteiger partial charge in [0.15, 0.2) is 22.1 Å². The van der Waals surface area contributed by atoms with E-state index in [0.717, 1.165) is 10.2 Å². The smallest absolute Gasteiger partial charge is 0.251 e. The maximum absolute atomic E-state index is 12.7. The number of nitrogens with zero attached hydrogens (tertiary/aromatic N) is 2. The quantitative estimate of drug-likeness (QED) is 0.503. The van der Waals surface area contributed by atoms with E-state index in [0.29, 0.717) is 33.4 Å². The second-order valence-electron chi connectivity index (χ2n) is 5.85. The maximum atomic E-state index is 12.7. The summed E-state index contributed by atoms with van der Waals surface area (Å²) in [5.74, 6) is 1.46. The van der Waals surface area contributed by atoms with E-state index in [9.17, 15) is 4.79 Å². The van der Waals surface area contributed by atoms with Gasteiger partial charge in [-0.1, -0.05) is 15.9 Å². The number of ether oxygens (including phenoxy) is 3. The highest BCUT2D eigenvalue weighted by Gasteiger charge is 2.18. The van der Waals surface area contributed by atoms with Crippen LogP contribution in [-0.2, 0) is 6.54 Å². The largest absolute Gasteiger partial charge is 0.493 e. The molecule has 0 radical (unpaired) electrons. The molecule has 0 spiro atoms. The third-order valence-corrected chi connectivity index (χ3v) is 4.96. The molecule has 0 aliphatic rings. The zero-order valence-electron chi connectivity index (χ0n) is 16.0. The number of hydrogen-bond donors (Lipinski definition) is 2. The Kier molecular flexibility index (Phi) is 6.55. The van der Waals surface area contributed by atoms with Crippen molar-refractivity contribution in [3.63, 3.8) is 0 Å². The van der Waals surface area contributed by atoms with Gasteiger partial charge in [0.2, 0.25) is 5.75 Å². The average Bonchev–Trinajstić information content (AvgIpc) is 3.11. The first-order valence-electron chi connectivity index (χ1n) is 8.49. The van der Waals surface area contributed by atoms with Crippen LogP contribution in [0.1, 0.15) is 16.2 Å². The van der Waals surface area contributed by atoms with Crippen LogP contribution in [0.4, 0.5) is 0 Å². The first-order valence-corrected chi connectivity index (χ1v) is 9.69. The maximum Gasteiger partial charge on any atom is 0.251 e. The summed E-state index contributed by atoms with van der Waals surface area (Å²) in [5, 5.41) is 9.83.